The number of nitrogens with one attached hydrogen (secondary N) is 1. The van der Waals surface area contributed by atoms with Crippen molar-refractivity contribution in [2.45, 2.75) is 19.8 Å². The Bertz CT molecular complexity index is 1290. The number of ether oxygens (including phenoxy) is 1. The molecule has 0 saturated carbocycles. The standard InChI is InChI=1S/C26H25F2N5O/c1-17-15-18(24-21(27)5-4-6-22(24)28)16-23-25(17)30-26(32-31-23)29-19-7-9-20(10-8-19)34-14-13-33-11-2-3-12-33/h4-10,15-16H,2-3,11-14H2,1H3,(H,29,30,32). The molecule has 4 aromatic rings. The second-order valence-electron chi connectivity index (χ2n) is 8.44. The van der Waals surface area contributed by atoms with Gasteiger partial charge in [0.2, 0.25) is 5.95 Å². The average Bonchev–Trinajstić information content (AvgIpc) is 3.34. The van der Waals surface area contributed by atoms with E-state index in [4.69, 9.17) is 4.74 Å². The molecule has 0 spiro atoms. The van der Waals surface area contributed by atoms with Crippen LogP contribution in [0, 0.1) is 18.6 Å². The van der Waals surface area contributed by atoms with Crippen molar-refractivity contribution in [3.63, 3.8) is 0 Å². The minimum Gasteiger partial charge on any atom is -0.492 e. The van der Waals surface area contributed by atoms with Crippen molar-refractivity contribution in [1.82, 2.24) is 20.1 Å². The molecule has 34 heavy (non-hydrogen) atoms. The Morgan fingerprint density at radius 1 is 0.971 bits per heavy atom. The number of hydrogen-bond acceptors (Lipinski definition) is 6. The maximum Gasteiger partial charge on any atom is 0.247 e. The smallest absolute Gasteiger partial charge is 0.247 e. The molecule has 1 aliphatic heterocycles. The largest absolute Gasteiger partial charge is 0.492 e. The van der Waals surface area contributed by atoms with Crippen molar-refractivity contribution in [1.29, 1.82) is 0 Å². The van der Waals surface area contributed by atoms with Gasteiger partial charge >= 0.3 is 0 Å². The second kappa shape index (κ2) is 9.69. The van der Waals surface area contributed by atoms with Gasteiger partial charge in [-0.2, -0.15) is 0 Å². The van der Waals surface area contributed by atoms with Gasteiger partial charge in [-0.15, -0.1) is 10.2 Å². The lowest BCUT2D eigenvalue weighted by molar-refractivity contribution is 0.238. The number of halogens is 2. The molecule has 0 amide bonds. The molecule has 0 aliphatic carbocycles. The van der Waals surface area contributed by atoms with E-state index in [-0.39, 0.29) is 5.56 Å². The third kappa shape index (κ3) is 4.82. The van der Waals surface area contributed by atoms with Crippen LogP contribution < -0.4 is 10.1 Å². The molecule has 1 N–H and O–H groups in total. The first-order chi connectivity index (χ1) is 16.6. The van der Waals surface area contributed by atoms with E-state index in [1.54, 1.807) is 12.1 Å². The maximum atomic E-state index is 14.2. The summed E-state index contributed by atoms with van der Waals surface area (Å²) >= 11 is 0. The number of anilines is 2. The third-order valence-corrected chi connectivity index (χ3v) is 5.99. The Labute approximate surface area is 196 Å². The van der Waals surface area contributed by atoms with Gasteiger partial charge in [0, 0.05) is 12.2 Å². The molecule has 1 fully saturated rings. The van der Waals surface area contributed by atoms with Crippen molar-refractivity contribution in [3.05, 3.63) is 71.8 Å². The van der Waals surface area contributed by atoms with Crippen molar-refractivity contribution < 1.29 is 13.5 Å². The fourth-order valence-corrected chi connectivity index (χ4v) is 4.25. The van der Waals surface area contributed by atoms with Crippen LogP contribution in [0.3, 0.4) is 0 Å². The van der Waals surface area contributed by atoms with Crippen LogP contribution in [0.2, 0.25) is 0 Å². The van der Waals surface area contributed by atoms with Crippen LogP contribution in [0.15, 0.2) is 54.6 Å². The summed E-state index contributed by atoms with van der Waals surface area (Å²) in [5, 5.41) is 11.5. The Hall–Kier alpha value is -3.65. The number of aromatic nitrogens is 3. The summed E-state index contributed by atoms with van der Waals surface area (Å²) in [6.07, 6.45) is 2.55. The zero-order valence-corrected chi connectivity index (χ0v) is 18.9. The molecule has 1 aromatic heterocycles. The molecule has 6 nitrogen and oxygen atoms in total. The summed E-state index contributed by atoms with van der Waals surface area (Å²) in [5.74, 6) is -0.1000. The summed E-state index contributed by atoms with van der Waals surface area (Å²) < 4.78 is 34.3. The van der Waals surface area contributed by atoms with Crippen molar-refractivity contribution in [2.24, 2.45) is 0 Å². The average molecular weight is 462 g/mol. The molecule has 0 unspecified atom stereocenters. The lowest BCUT2D eigenvalue weighted by Gasteiger charge is -2.15. The SMILES string of the molecule is Cc1cc(-c2c(F)cccc2F)cc2nnc(Nc3ccc(OCCN4CCCC4)cc3)nc12. The highest BCUT2D eigenvalue weighted by Crippen LogP contribution is 2.30. The molecule has 0 atom stereocenters. The summed E-state index contributed by atoms with van der Waals surface area (Å²) in [5.41, 5.74) is 2.94. The zero-order valence-electron chi connectivity index (χ0n) is 18.9. The minimum atomic E-state index is -0.624. The Morgan fingerprint density at radius 2 is 1.71 bits per heavy atom. The van der Waals surface area contributed by atoms with Crippen LogP contribution in [0.25, 0.3) is 22.2 Å². The number of fused-ring (bicyclic) bond motifs is 1. The molecular weight excluding hydrogens is 436 g/mol. The van der Waals surface area contributed by atoms with E-state index >= 15 is 0 Å². The zero-order chi connectivity index (χ0) is 23.5. The van der Waals surface area contributed by atoms with Gasteiger partial charge in [-0.3, -0.25) is 4.90 Å². The summed E-state index contributed by atoms with van der Waals surface area (Å²) in [7, 11) is 0. The fourth-order valence-electron chi connectivity index (χ4n) is 4.25. The van der Waals surface area contributed by atoms with Crippen LogP contribution in [-0.2, 0) is 0 Å². The first kappa shape index (κ1) is 22.2. The summed E-state index contributed by atoms with van der Waals surface area (Å²) in [6, 6.07) is 14.7. The predicted octanol–water partition coefficient (Wildman–Crippen LogP) is 5.50. The van der Waals surface area contributed by atoms with Gasteiger partial charge in [0.15, 0.2) is 0 Å². The Kier molecular flexibility index (Phi) is 6.31. The van der Waals surface area contributed by atoms with Gasteiger partial charge in [-0.05, 0) is 92.5 Å². The number of likely N-dealkylation sites (tertiary alicyclic amines) is 1. The van der Waals surface area contributed by atoms with Crippen LogP contribution in [0.5, 0.6) is 5.75 Å². The molecule has 3 aromatic carbocycles. The molecule has 0 radical (unpaired) electrons. The fraction of sp³-hybridized carbons (Fsp3) is 0.269. The lowest BCUT2D eigenvalue weighted by atomic mass is 10.0. The van der Waals surface area contributed by atoms with E-state index in [2.05, 4.69) is 25.4 Å². The van der Waals surface area contributed by atoms with E-state index in [1.807, 2.05) is 31.2 Å². The Balaban J connectivity index is 1.29. The van der Waals surface area contributed by atoms with Crippen LogP contribution in [-0.4, -0.2) is 46.3 Å². The van der Waals surface area contributed by atoms with Gasteiger partial charge < -0.3 is 10.1 Å². The van der Waals surface area contributed by atoms with E-state index in [1.165, 1.54) is 31.0 Å². The molecule has 1 aliphatic rings. The van der Waals surface area contributed by atoms with Gasteiger partial charge in [0.05, 0.1) is 11.1 Å². The van der Waals surface area contributed by atoms with Crippen molar-refractivity contribution in [2.75, 3.05) is 31.6 Å². The van der Waals surface area contributed by atoms with Gasteiger partial charge in [-0.25, -0.2) is 13.8 Å². The highest BCUT2D eigenvalue weighted by atomic mass is 19.1. The predicted molar refractivity (Wildman–Crippen MR) is 128 cm³/mol. The van der Waals surface area contributed by atoms with Gasteiger partial charge in [0.25, 0.3) is 0 Å². The molecular formula is C26H25F2N5O. The van der Waals surface area contributed by atoms with Crippen molar-refractivity contribution in [3.8, 4) is 16.9 Å². The summed E-state index contributed by atoms with van der Waals surface area (Å²) in [6.45, 7) is 5.76. The monoisotopic (exact) mass is 461 g/mol. The quantitative estimate of drug-likeness (QED) is 0.392. The normalized spacial score (nSPS) is 14.0. The van der Waals surface area contributed by atoms with Crippen LogP contribution in [0.4, 0.5) is 20.4 Å². The lowest BCUT2D eigenvalue weighted by Crippen LogP contribution is -2.25. The maximum absolute atomic E-state index is 14.2. The summed E-state index contributed by atoms with van der Waals surface area (Å²) in [4.78, 5) is 6.97. The van der Waals surface area contributed by atoms with E-state index in [0.29, 0.717) is 29.2 Å². The topological polar surface area (TPSA) is 63.2 Å². The molecule has 2 heterocycles. The molecule has 5 rings (SSSR count). The molecule has 8 heteroatoms. The minimum absolute atomic E-state index is 0.0840. The first-order valence-electron chi connectivity index (χ1n) is 11.4. The highest BCUT2D eigenvalue weighted by molar-refractivity contribution is 5.85. The van der Waals surface area contributed by atoms with Crippen LogP contribution >= 0.6 is 0 Å². The van der Waals surface area contributed by atoms with E-state index in [9.17, 15) is 8.78 Å². The van der Waals surface area contributed by atoms with E-state index < -0.39 is 11.6 Å². The highest BCUT2D eigenvalue weighted by Gasteiger charge is 2.15. The first-order valence-corrected chi connectivity index (χ1v) is 11.4. The Morgan fingerprint density at radius 3 is 2.44 bits per heavy atom. The third-order valence-electron chi connectivity index (χ3n) is 5.99. The molecule has 1 saturated heterocycles. The number of nitrogens with zero attached hydrogens (tertiary/aromatic N) is 4. The second-order valence-corrected chi connectivity index (χ2v) is 8.44. The number of hydrogen-bond donors (Lipinski definition) is 1. The van der Waals surface area contributed by atoms with Crippen molar-refractivity contribution >= 4 is 22.7 Å². The van der Waals surface area contributed by atoms with E-state index in [0.717, 1.165) is 36.6 Å². The van der Waals surface area contributed by atoms with Crippen LogP contribution in [0.1, 0.15) is 18.4 Å². The van der Waals surface area contributed by atoms with Gasteiger partial charge in [0.1, 0.15) is 29.5 Å². The molecule has 174 valence electrons. The number of rotatable bonds is 7. The number of aryl methyl sites for hydroxylation is 1. The number of benzene rings is 3. The molecule has 0 bridgehead atoms. The van der Waals surface area contributed by atoms with Gasteiger partial charge in [-0.1, -0.05) is 6.07 Å².